The molecule has 1 aromatic rings. The first kappa shape index (κ1) is 12.5. The van der Waals surface area contributed by atoms with Crippen LogP contribution in [0.3, 0.4) is 0 Å². The summed E-state index contributed by atoms with van der Waals surface area (Å²) in [4.78, 5) is 0. The summed E-state index contributed by atoms with van der Waals surface area (Å²) in [5.41, 5.74) is 1.33. The molecule has 2 N–H and O–H groups in total. The summed E-state index contributed by atoms with van der Waals surface area (Å²) in [6, 6.07) is 5.00. The van der Waals surface area contributed by atoms with Crippen LogP contribution in [0.15, 0.2) is 24.3 Å². The van der Waals surface area contributed by atoms with E-state index in [4.69, 9.17) is 14.6 Å². The topological polar surface area (TPSA) is 58.9 Å². The molecule has 1 rings (SSSR count). The van der Waals surface area contributed by atoms with Crippen LogP contribution in [0.2, 0.25) is 0 Å². The Labute approximate surface area is 94.7 Å². The zero-order valence-corrected chi connectivity index (χ0v) is 9.43. The van der Waals surface area contributed by atoms with Crippen LogP contribution < -0.4 is 4.74 Å². The molecule has 0 spiro atoms. The van der Waals surface area contributed by atoms with Gasteiger partial charge in [-0.25, -0.2) is 0 Å². The fourth-order valence-corrected chi connectivity index (χ4v) is 1.40. The summed E-state index contributed by atoms with van der Waals surface area (Å²) < 4.78 is 10.1. The molecule has 0 aliphatic carbocycles. The summed E-state index contributed by atoms with van der Waals surface area (Å²) in [7, 11) is 1.53. The molecule has 0 bridgehead atoms. The highest BCUT2D eigenvalue weighted by Crippen LogP contribution is 2.33. The molecule has 0 amide bonds. The quantitative estimate of drug-likeness (QED) is 0.748. The van der Waals surface area contributed by atoms with Gasteiger partial charge in [-0.1, -0.05) is 12.1 Å². The van der Waals surface area contributed by atoms with Crippen molar-refractivity contribution in [1.82, 2.24) is 0 Å². The molecular weight excluding hydrogens is 208 g/mol. The number of aromatic hydroxyl groups is 1. The molecule has 0 unspecified atom stereocenters. The van der Waals surface area contributed by atoms with Crippen LogP contribution in [-0.2, 0) is 4.74 Å². The Morgan fingerprint density at radius 2 is 2.19 bits per heavy atom. The van der Waals surface area contributed by atoms with Gasteiger partial charge in [-0.3, -0.25) is 0 Å². The molecule has 0 aliphatic heterocycles. The predicted octanol–water partition coefficient (Wildman–Crippen LogP) is 1.77. The molecule has 16 heavy (non-hydrogen) atoms. The third-order valence-electron chi connectivity index (χ3n) is 2.13. The van der Waals surface area contributed by atoms with E-state index in [2.05, 4.69) is 0 Å². The monoisotopic (exact) mass is 224 g/mol. The van der Waals surface area contributed by atoms with Gasteiger partial charge < -0.3 is 19.7 Å². The maximum absolute atomic E-state index is 9.74. The second kappa shape index (κ2) is 6.15. The van der Waals surface area contributed by atoms with Gasteiger partial charge in [0, 0.05) is 7.11 Å². The number of benzene rings is 1. The van der Waals surface area contributed by atoms with Crippen LogP contribution in [0.1, 0.15) is 12.5 Å². The van der Waals surface area contributed by atoms with Crippen LogP contribution in [0.25, 0.3) is 5.57 Å². The SMILES string of the molecule is COCOc1cccc(O)c1C(C)=CCO. The molecule has 0 aliphatic rings. The van der Waals surface area contributed by atoms with Gasteiger partial charge in [-0.15, -0.1) is 0 Å². The predicted molar refractivity (Wildman–Crippen MR) is 61.3 cm³/mol. The summed E-state index contributed by atoms with van der Waals surface area (Å²) in [6.07, 6.45) is 1.61. The first-order valence-corrected chi connectivity index (χ1v) is 4.92. The molecule has 0 saturated carbocycles. The summed E-state index contributed by atoms with van der Waals surface area (Å²) in [5.74, 6) is 0.653. The van der Waals surface area contributed by atoms with Gasteiger partial charge in [0.15, 0.2) is 6.79 Å². The summed E-state index contributed by atoms with van der Waals surface area (Å²) >= 11 is 0. The van der Waals surface area contributed by atoms with Crippen molar-refractivity contribution < 1.29 is 19.7 Å². The van der Waals surface area contributed by atoms with E-state index >= 15 is 0 Å². The van der Waals surface area contributed by atoms with Crippen LogP contribution in [0.5, 0.6) is 11.5 Å². The van der Waals surface area contributed by atoms with Crippen molar-refractivity contribution in [3.8, 4) is 11.5 Å². The van der Waals surface area contributed by atoms with Crippen LogP contribution >= 0.6 is 0 Å². The largest absolute Gasteiger partial charge is 0.507 e. The lowest BCUT2D eigenvalue weighted by Gasteiger charge is -2.12. The standard InChI is InChI=1S/C12H16O4/c1-9(6-7-13)12-10(14)4-3-5-11(12)16-8-15-2/h3-6,13-14H,7-8H2,1-2H3. The Hall–Kier alpha value is -1.52. The van der Waals surface area contributed by atoms with Crippen molar-refractivity contribution in [1.29, 1.82) is 0 Å². The maximum Gasteiger partial charge on any atom is 0.188 e. The lowest BCUT2D eigenvalue weighted by atomic mass is 10.0. The number of aliphatic hydroxyl groups excluding tert-OH is 1. The van der Waals surface area contributed by atoms with Crippen molar-refractivity contribution in [2.24, 2.45) is 0 Å². The average molecular weight is 224 g/mol. The summed E-state index contributed by atoms with van der Waals surface area (Å²) in [6.45, 7) is 1.83. The highest BCUT2D eigenvalue weighted by Gasteiger charge is 2.10. The number of phenols is 1. The van der Waals surface area contributed by atoms with E-state index in [9.17, 15) is 5.11 Å². The highest BCUT2D eigenvalue weighted by molar-refractivity contribution is 5.73. The smallest absolute Gasteiger partial charge is 0.188 e. The van der Waals surface area contributed by atoms with Crippen molar-refractivity contribution >= 4 is 5.57 Å². The number of hydrogen-bond acceptors (Lipinski definition) is 4. The Bertz CT molecular complexity index is 371. The van der Waals surface area contributed by atoms with E-state index in [-0.39, 0.29) is 19.1 Å². The lowest BCUT2D eigenvalue weighted by molar-refractivity contribution is 0.0508. The van der Waals surface area contributed by atoms with Gasteiger partial charge in [0.1, 0.15) is 11.5 Å². The molecule has 0 atom stereocenters. The third-order valence-corrected chi connectivity index (χ3v) is 2.13. The minimum atomic E-state index is -0.0795. The van der Waals surface area contributed by atoms with Gasteiger partial charge in [-0.05, 0) is 24.6 Å². The van der Waals surface area contributed by atoms with Crippen molar-refractivity contribution in [3.05, 3.63) is 29.8 Å². The molecular formula is C12H16O4. The minimum Gasteiger partial charge on any atom is -0.507 e. The molecule has 0 heterocycles. The summed E-state index contributed by atoms with van der Waals surface area (Å²) in [5, 5.41) is 18.6. The van der Waals surface area contributed by atoms with Gasteiger partial charge in [0.05, 0.1) is 12.2 Å². The van der Waals surface area contributed by atoms with E-state index in [1.807, 2.05) is 0 Å². The number of ether oxygens (including phenoxy) is 2. The lowest BCUT2D eigenvalue weighted by Crippen LogP contribution is -2.01. The Balaban J connectivity index is 3.08. The molecule has 0 radical (unpaired) electrons. The average Bonchev–Trinajstić information content (AvgIpc) is 2.26. The number of methoxy groups -OCH3 is 1. The second-order valence-corrected chi connectivity index (χ2v) is 3.27. The molecule has 0 aromatic heterocycles. The van der Waals surface area contributed by atoms with Crippen LogP contribution in [-0.4, -0.2) is 30.7 Å². The van der Waals surface area contributed by atoms with Gasteiger partial charge >= 0.3 is 0 Å². The van der Waals surface area contributed by atoms with E-state index in [0.717, 1.165) is 5.57 Å². The Morgan fingerprint density at radius 1 is 1.44 bits per heavy atom. The molecule has 88 valence electrons. The number of phenolic OH excluding ortho intramolecular Hbond substituents is 1. The van der Waals surface area contributed by atoms with Crippen molar-refractivity contribution in [2.75, 3.05) is 20.5 Å². The second-order valence-electron chi connectivity index (χ2n) is 3.27. The Kier molecular flexibility index (Phi) is 4.82. The number of aliphatic hydroxyl groups is 1. The highest BCUT2D eigenvalue weighted by atomic mass is 16.7. The number of allylic oxidation sites excluding steroid dienone is 1. The maximum atomic E-state index is 9.74. The van der Waals surface area contributed by atoms with E-state index in [1.54, 1.807) is 31.2 Å². The normalized spacial score (nSPS) is 11.6. The zero-order chi connectivity index (χ0) is 12.0. The van der Waals surface area contributed by atoms with E-state index in [1.165, 1.54) is 7.11 Å². The molecule has 1 aromatic carbocycles. The van der Waals surface area contributed by atoms with Gasteiger partial charge in [0.25, 0.3) is 0 Å². The van der Waals surface area contributed by atoms with Crippen molar-refractivity contribution in [3.63, 3.8) is 0 Å². The minimum absolute atomic E-state index is 0.0795. The fourth-order valence-electron chi connectivity index (χ4n) is 1.40. The number of rotatable bonds is 5. The Morgan fingerprint density at radius 3 is 2.81 bits per heavy atom. The first-order valence-electron chi connectivity index (χ1n) is 4.92. The number of hydrogen-bond donors (Lipinski definition) is 2. The molecule has 0 fully saturated rings. The fraction of sp³-hybridized carbons (Fsp3) is 0.333. The third kappa shape index (κ3) is 2.98. The van der Waals surface area contributed by atoms with Crippen LogP contribution in [0, 0.1) is 0 Å². The van der Waals surface area contributed by atoms with E-state index in [0.29, 0.717) is 11.3 Å². The van der Waals surface area contributed by atoms with Crippen LogP contribution in [0.4, 0.5) is 0 Å². The van der Waals surface area contributed by atoms with Gasteiger partial charge in [-0.2, -0.15) is 0 Å². The zero-order valence-electron chi connectivity index (χ0n) is 9.43. The molecule has 0 saturated heterocycles. The molecule has 4 heteroatoms. The first-order chi connectivity index (χ1) is 7.70. The van der Waals surface area contributed by atoms with Gasteiger partial charge in [0.2, 0.25) is 0 Å². The molecule has 4 nitrogen and oxygen atoms in total. The van der Waals surface area contributed by atoms with Crippen molar-refractivity contribution in [2.45, 2.75) is 6.92 Å². The van der Waals surface area contributed by atoms with E-state index < -0.39 is 0 Å².